The molecule has 0 aliphatic carbocycles. The number of aryl methyl sites for hydroxylation is 1. The van der Waals surface area contributed by atoms with E-state index in [2.05, 4.69) is 42.4 Å². The summed E-state index contributed by atoms with van der Waals surface area (Å²) in [5.41, 5.74) is 1.45. The van der Waals surface area contributed by atoms with Crippen molar-refractivity contribution in [2.45, 2.75) is 52.2 Å². The van der Waals surface area contributed by atoms with Gasteiger partial charge in [0.05, 0.1) is 0 Å². The van der Waals surface area contributed by atoms with E-state index in [-0.39, 0.29) is 0 Å². The Labute approximate surface area is 109 Å². The summed E-state index contributed by atoms with van der Waals surface area (Å²) in [4.78, 5) is 4.17. The van der Waals surface area contributed by atoms with Crippen LogP contribution in [0.3, 0.4) is 0 Å². The van der Waals surface area contributed by atoms with Crippen molar-refractivity contribution < 1.29 is 0 Å². The lowest BCUT2D eigenvalue weighted by atomic mass is 10.1. The largest absolute Gasteiger partial charge is 0.311 e. The van der Waals surface area contributed by atoms with Crippen LogP contribution in [0.25, 0.3) is 0 Å². The van der Waals surface area contributed by atoms with Gasteiger partial charge in [-0.05, 0) is 37.3 Å². The topological polar surface area (TPSA) is 15.3 Å². The molecule has 0 saturated carbocycles. The van der Waals surface area contributed by atoms with Gasteiger partial charge in [0.2, 0.25) is 0 Å². The van der Waals surface area contributed by atoms with Gasteiger partial charge in [0.25, 0.3) is 0 Å². The minimum absolute atomic E-state index is 0.657. The SMILES string of the molecule is CCCC1CN(Cc2sccc2C)C(C)CN1. The number of nitrogens with zero attached hydrogens (tertiary/aromatic N) is 1. The lowest BCUT2D eigenvalue weighted by molar-refractivity contribution is 0.130. The molecular formula is C14H24N2S. The molecule has 1 aliphatic rings. The molecule has 1 saturated heterocycles. The van der Waals surface area contributed by atoms with Gasteiger partial charge in [0.1, 0.15) is 0 Å². The fraction of sp³-hybridized carbons (Fsp3) is 0.714. The molecule has 3 heteroatoms. The quantitative estimate of drug-likeness (QED) is 0.886. The highest BCUT2D eigenvalue weighted by Crippen LogP contribution is 2.21. The Balaban J connectivity index is 1.96. The molecule has 2 nitrogen and oxygen atoms in total. The van der Waals surface area contributed by atoms with Gasteiger partial charge in [-0.25, -0.2) is 0 Å². The fourth-order valence-electron chi connectivity index (χ4n) is 2.51. The molecule has 1 fully saturated rings. The van der Waals surface area contributed by atoms with Gasteiger partial charge in [-0.1, -0.05) is 13.3 Å². The summed E-state index contributed by atoms with van der Waals surface area (Å²) >= 11 is 1.90. The van der Waals surface area contributed by atoms with Gasteiger partial charge in [0.15, 0.2) is 0 Å². The molecule has 0 spiro atoms. The molecule has 17 heavy (non-hydrogen) atoms. The first kappa shape index (κ1) is 13.1. The number of hydrogen-bond acceptors (Lipinski definition) is 3. The van der Waals surface area contributed by atoms with E-state index in [1.807, 2.05) is 11.3 Å². The summed E-state index contributed by atoms with van der Waals surface area (Å²) < 4.78 is 0. The maximum atomic E-state index is 3.66. The van der Waals surface area contributed by atoms with Crippen LogP contribution in [0.5, 0.6) is 0 Å². The van der Waals surface area contributed by atoms with E-state index in [0.29, 0.717) is 12.1 Å². The lowest BCUT2D eigenvalue weighted by Gasteiger charge is -2.38. The average molecular weight is 252 g/mol. The number of hydrogen-bond donors (Lipinski definition) is 1. The highest BCUT2D eigenvalue weighted by molar-refractivity contribution is 7.10. The Kier molecular flexibility index (Phi) is 4.60. The van der Waals surface area contributed by atoms with Crippen LogP contribution in [0.4, 0.5) is 0 Å². The molecule has 0 amide bonds. The third-order valence-corrected chi connectivity index (χ3v) is 4.74. The van der Waals surface area contributed by atoms with Gasteiger partial charge in [-0.3, -0.25) is 4.90 Å². The molecule has 1 aromatic rings. The molecule has 1 aliphatic heterocycles. The highest BCUT2D eigenvalue weighted by Gasteiger charge is 2.24. The first-order valence-electron chi connectivity index (χ1n) is 6.71. The zero-order valence-corrected chi connectivity index (χ0v) is 12.0. The van der Waals surface area contributed by atoms with E-state index < -0.39 is 0 Å². The van der Waals surface area contributed by atoms with Crippen LogP contribution in [0, 0.1) is 6.92 Å². The van der Waals surface area contributed by atoms with Crippen LogP contribution in [-0.2, 0) is 6.54 Å². The molecule has 2 heterocycles. The predicted octanol–water partition coefficient (Wildman–Crippen LogP) is 3.02. The Morgan fingerprint density at radius 3 is 3.00 bits per heavy atom. The Morgan fingerprint density at radius 1 is 1.53 bits per heavy atom. The van der Waals surface area contributed by atoms with Crippen LogP contribution >= 0.6 is 11.3 Å². The third kappa shape index (κ3) is 3.30. The second-order valence-electron chi connectivity index (χ2n) is 5.20. The van der Waals surface area contributed by atoms with E-state index in [4.69, 9.17) is 0 Å². The van der Waals surface area contributed by atoms with Crippen molar-refractivity contribution >= 4 is 11.3 Å². The summed E-state index contributed by atoms with van der Waals surface area (Å²) in [5.74, 6) is 0. The van der Waals surface area contributed by atoms with Crippen molar-refractivity contribution in [1.82, 2.24) is 10.2 Å². The monoisotopic (exact) mass is 252 g/mol. The number of thiophene rings is 1. The number of rotatable bonds is 4. The number of nitrogens with one attached hydrogen (secondary N) is 1. The molecule has 1 aromatic heterocycles. The summed E-state index contributed by atoms with van der Waals surface area (Å²) in [6.07, 6.45) is 2.57. The molecule has 2 rings (SSSR count). The standard InChI is InChI=1S/C14H24N2S/c1-4-5-13-9-16(12(3)8-15-13)10-14-11(2)6-7-17-14/h6-7,12-13,15H,4-5,8-10H2,1-3H3. The highest BCUT2D eigenvalue weighted by atomic mass is 32.1. The summed E-state index contributed by atoms with van der Waals surface area (Å²) in [5, 5.41) is 5.87. The van der Waals surface area contributed by atoms with Crippen molar-refractivity contribution in [2.24, 2.45) is 0 Å². The Hall–Kier alpha value is -0.380. The van der Waals surface area contributed by atoms with Crippen LogP contribution < -0.4 is 5.32 Å². The zero-order valence-electron chi connectivity index (χ0n) is 11.2. The zero-order chi connectivity index (χ0) is 12.3. The molecule has 0 radical (unpaired) electrons. The van der Waals surface area contributed by atoms with Gasteiger partial charge in [0, 0.05) is 36.6 Å². The minimum Gasteiger partial charge on any atom is -0.311 e. The molecular weight excluding hydrogens is 228 g/mol. The number of piperazine rings is 1. The Morgan fingerprint density at radius 2 is 2.35 bits per heavy atom. The van der Waals surface area contributed by atoms with Gasteiger partial charge < -0.3 is 5.32 Å². The minimum atomic E-state index is 0.657. The van der Waals surface area contributed by atoms with Crippen molar-refractivity contribution in [3.63, 3.8) is 0 Å². The second-order valence-corrected chi connectivity index (χ2v) is 6.20. The van der Waals surface area contributed by atoms with Crippen LogP contribution in [0.15, 0.2) is 11.4 Å². The van der Waals surface area contributed by atoms with Crippen LogP contribution in [0.2, 0.25) is 0 Å². The van der Waals surface area contributed by atoms with Crippen LogP contribution in [0.1, 0.15) is 37.1 Å². The average Bonchev–Trinajstić information content (AvgIpc) is 2.70. The molecule has 0 bridgehead atoms. The van der Waals surface area contributed by atoms with Gasteiger partial charge in [-0.15, -0.1) is 11.3 Å². The first-order valence-corrected chi connectivity index (χ1v) is 7.59. The van der Waals surface area contributed by atoms with Crippen molar-refractivity contribution in [3.05, 3.63) is 21.9 Å². The first-order chi connectivity index (χ1) is 8.20. The van der Waals surface area contributed by atoms with E-state index in [1.54, 1.807) is 0 Å². The molecule has 2 atom stereocenters. The molecule has 0 aromatic carbocycles. The smallest absolute Gasteiger partial charge is 0.0334 e. The summed E-state index contributed by atoms with van der Waals surface area (Å²) in [7, 11) is 0. The van der Waals surface area contributed by atoms with Crippen LogP contribution in [-0.4, -0.2) is 30.1 Å². The van der Waals surface area contributed by atoms with Gasteiger partial charge >= 0.3 is 0 Å². The predicted molar refractivity (Wildman–Crippen MR) is 75.6 cm³/mol. The van der Waals surface area contributed by atoms with E-state index in [1.165, 1.54) is 29.8 Å². The maximum absolute atomic E-state index is 3.66. The molecule has 96 valence electrons. The fourth-order valence-corrected chi connectivity index (χ4v) is 3.44. The maximum Gasteiger partial charge on any atom is 0.0334 e. The van der Waals surface area contributed by atoms with E-state index in [0.717, 1.165) is 13.1 Å². The van der Waals surface area contributed by atoms with Gasteiger partial charge in [-0.2, -0.15) is 0 Å². The van der Waals surface area contributed by atoms with E-state index in [9.17, 15) is 0 Å². The van der Waals surface area contributed by atoms with E-state index >= 15 is 0 Å². The Bertz CT molecular complexity index is 348. The second kappa shape index (κ2) is 5.98. The van der Waals surface area contributed by atoms with Crippen molar-refractivity contribution in [3.8, 4) is 0 Å². The summed E-state index contributed by atoms with van der Waals surface area (Å²) in [6.45, 7) is 10.3. The van der Waals surface area contributed by atoms with Crippen molar-refractivity contribution in [2.75, 3.05) is 13.1 Å². The molecule has 1 N–H and O–H groups in total. The summed E-state index contributed by atoms with van der Waals surface area (Å²) in [6, 6.07) is 3.58. The third-order valence-electron chi connectivity index (χ3n) is 3.73. The normalized spacial score (nSPS) is 26.3. The molecule has 2 unspecified atom stereocenters. The lowest BCUT2D eigenvalue weighted by Crippen LogP contribution is -2.54. The van der Waals surface area contributed by atoms with Crippen molar-refractivity contribution in [1.29, 1.82) is 0 Å².